The zero-order valence-corrected chi connectivity index (χ0v) is 29.3. The number of amides is 6. The van der Waals surface area contributed by atoms with E-state index >= 15 is 0 Å². The Morgan fingerprint density at radius 3 is 2.53 bits per heavy atom. The molecule has 6 rings (SSSR count). The molecule has 1 saturated heterocycles. The molecule has 6 amide bonds. The summed E-state index contributed by atoms with van der Waals surface area (Å²) in [4.78, 5) is 83.1. The van der Waals surface area contributed by atoms with Crippen molar-refractivity contribution in [2.24, 2.45) is 11.8 Å². The van der Waals surface area contributed by atoms with Crippen LogP contribution in [-0.4, -0.2) is 81.5 Å². The lowest BCUT2D eigenvalue weighted by molar-refractivity contribution is -0.141. The smallest absolute Gasteiger partial charge is 0.410 e. The van der Waals surface area contributed by atoms with Crippen molar-refractivity contribution in [3.05, 3.63) is 47.3 Å². The quantitative estimate of drug-likeness (QED) is 0.272. The van der Waals surface area contributed by atoms with E-state index < -0.39 is 65.1 Å². The predicted molar refractivity (Wildman–Crippen MR) is 179 cm³/mol. The third kappa shape index (κ3) is 8.45. The van der Waals surface area contributed by atoms with Crippen LogP contribution in [0.1, 0.15) is 89.7 Å². The molecule has 3 fully saturated rings. The van der Waals surface area contributed by atoms with Crippen molar-refractivity contribution in [2.75, 3.05) is 6.54 Å². The molecule has 0 spiro atoms. The predicted octanol–water partition coefficient (Wildman–Crippen LogP) is 3.09. The van der Waals surface area contributed by atoms with Gasteiger partial charge in [0.2, 0.25) is 17.7 Å². The van der Waals surface area contributed by atoms with E-state index in [1.54, 1.807) is 32.9 Å². The highest BCUT2D eigenvalue weighted by molar-refractivity contribution is 5.99. The Hall–Kier alpha value is -4.69. The molecule has 5 atom stereocenters. The molecule has 2 aliphatic carbocycles. The summed E-state index contributed by atoms with van der Waals surface area (Å²) in [5.74, 6) is -2.96. The first-order valence-corrected chi connectivity index (χ1v) is 17.8. The number of hydrogen-bond acceptors (Lipinski definition) is 8. The lowest BCUT2D eigenvalue weighted by atomic mass is 10.0. The number of carbonyl (C=O) groups excluding carboxylic acids is 6. The van der Waals surface area contributed by atoms with Gasteiger partial charge in [-0.25, -0.2) is 14.0 Å². The summed E-state index contributed by atoms with van der Waals surface area (Å²) in [6.07, 6.45) is 6.32. The SMILES string of the molecule is CC(C)(C)OC(=O)N[C@H]1CCCCC/C=C\C2C[C@@]2(C(=O)NNC(=O)C2CC2)NC(=O)[C@@H]2C[C@@H](OC(=O)N3Cc4cccc(F)c4C3)CN2C1=O. The number of ether oxygens (including phenoxy) is 2. The van der Waals surface area contributed by atoms with Gasteiger partial charge in [0.25, 0.3) is 5.91 Å². The van der Waals surface area contributed by atoms with Gasteiger partial charge < -0.3 is 25.0 Å². The van der Waals surface area contributed by atoms with Crippen molar-refractivity contribution < 1.29 is 42.6 Å². The molecule has 1 unspecified atom stereocenters. The van der Waals surface area contributed by atoms with Crippen LogP contribution < -0.4 is 21.5 Å². The summed E-state index contributed by atoms with van der Waals surface area (Å²) in [6.45, 7) is 5.15. The number of alkyl carbamates (subject to hydrolysis) is 1. The monoisotopic (exact) mass is 710 g/mol. The summed E-state index contributed by atoms with van der Waals surface area (Å²) in [6, 6.07) is 2.45. The highest BCUT2D eigenvalue weighted by atomic mass is 19.1. The molecule has 5 aliphatic rings. The molecule has 276 valence electrons. The number of hydrazine groups is 1. The molecule has 0 aromatic heterocycles. The van der Waals surface area contributed by atoms with Gasteiger partial charge in [-0.3, -0.25) is 34.9 Å². The fourth-order valence-corrected chi connectivity index (χ4v) is 7.02. The van der Waals surface area contributed by atoms with Crippen LogP contribution in [0.15, 0.2) is 30.4 Å². The number of nitrogens with one attached hydrogen (secondary N) is 4. The summed E-state index contributed by atoms with van der Waals surface area (Å²) < 4.78 is 25.7. The van der Waals surface area contributed by atoms with Gasteiger partial charge in [-0.05, 0) is 70.9 Å². The largest absolute Gasteiger partial charge is 0.444 e. The second kappa shape index (κ2) is 14.5. The maximum atomic E-state index is 14.4. The van der Waals surface area contributed by atoms with Gasteiger partial charge in [0, 0.05) is 30.4 Å². The number of benzene rings is 1. The lowest BCUT2D eigenvalue weighted by Gasteiger charge is -2.30. The maximum absolute atomic E-state index is 14.4. The molecule has 4 N–H and O–H groups in total. The second-order valence-electron chi connectivity index (χ2n) is 15.2. The van der Waals surface area contributed by atoms with E-state index in [4.69, 9.17) is 9.47 Å². The molecule has 3 aliphatic heterocycles. The number of carbonyl (C=O) groups is 6. The van der Waals surface area contributed by atoms with Crippen LogP contribution >= 0.6 is 0 Å². The van der Waals surface area contributed by atoms with Crippen molar-refractivity contribution in [3.8, 4) is 0 Å². The van der Waals surface area contributed by atoms with E-state index in [9.17, 15) is 33.2 Å². The lowest BCUT2D eigenvalue weighted by Crippen LogP contribution is -2.59. The van der Waals surface area contributed by atoms with Crippen LogP contribution in [0.3, 0.4) is 0 Å². The van der Waals surface area contributed by atoms with E-state index in [0.29, 0.717) is 17.5 Å². The van der Waals surface area contributed by atoms with Crippen molar-refractivity contribution in [3.63, 3.8) is 0 Å². The van der Waals surface area contributed by atoms with Gasteiger partial charge in [-0.1, -0.05) is 37.1 Å². The van der Waals surface area contributed by atoms with Crippen LogP contribution in [0.25, 0.3) is 0 Å². The van der Waals surface area contributed by atoms with Crippen molar-refractivity contribution in [2.45, 2.75) is 121 Å². The number of halogens is 1. The van der Waals surface area contributed by atoms with Gasteiger partial charge >= 0.3 is 12.2 Å². The molecule has 1 aromatic rings. The molecule has 51 heavy (non-hydrogen) atoms. The number of rotatable bonds is 4. The Morgan fingerprint density at radius 1 is 1.02 bits per heavy atom. The number of nitrogens with zero attached hydrogens (tertiary/aromatic N) is 2. The molecule has 15 heteroatoms. The second-order valence-corrected chi connectivity index (χ2v) is 15.2. The van der Waals surface area contributed by atoms with Crippen LogP contribution in [0.2, 0.25) is 0 Å². The fourth-order valence-electron chi connectivity index (χ4n) is 7.02. The van der Waals surface area contributed by atoms with Crippen LogP contribution in [-0.2, 0) is 41.7 Å². The van der Waals surface area contributed by atoms with Gasteiger partial charge in [-0.2, -0.15) is 0 Å². The van der Waals surface area contributed by atoms with Crippen molar-refractivity contribution in [1.82, 2.24) is 31.3 Å². The molecular formula is C36H47FN6O8. The molecule has 14 nitrogen and oxygen atoms in total. The van der Waals surface area contributed by atoms with E-state index in [1.165, 1.54) is 15.9 Å². The highest BCUT2D eigenvalue weighted by Gasteiger charge is 2.61. The standard InChI is InChI=1S/C36H47FN6O8/c1-35(2,3)51-33(48)38-27-13-8-6-4-5-7-11-23-17-36(23,32(47)41-40-29(44)21-14-15-21)39-30(45)28-16-24(19-43(28)31(27)46)50-34(49)42-18-22-10-9-12-26(37)25(22)20-42/h7,9-12,21,23-24,27-28H,4-6,8,13-20H2,1-3H3,(H,38,48)(H,39,45)(H,40,44)(H,41,47)/b11-7-/t23?,24-,27+,28+,36-/m1/s1. The van der Waals surface area contributed by atoms with Crippen molar-refractivity contribution >= 4 is 35.8 Å². The zero-order valence-electron chi connectivity index (χ0n) is 29.3. The van der Waals surface area contributed by atoms with Gasteiger partial charge in [0.1, 0.15) is 35.1 Å². The molecule has 0 radical (unpaired) electrons. The van der Waals surface area contributed by atoms with Crippen LogP contribution in [0.5, 0.6) is 0 Å². The Kier molecular flexibility index (Phi) is 10.3. The zero-order chi connectivity index (χ0) is 36.5. The van der Waals surface area contributed by atoms with Crippen molar-refractivity contribution in [1.29, 1.82) is 0 Å². The summed E-state index contributed by atoms with van der Waals surface area (Å²) in [5.41, 5.74) is 3.84. The average Bonchev–Trinajstić information content (AvgIpc) is 3.94. The molecule has 2 saturated carbocycles. The van der Waals surface area contributed by atoms with Gasteiger partial charge in [0.05, 0.1) is 13.1 Å². The fraction of sp³-hybridized carbons (Fsp3) is 0.611. The number of allylic oxidation sites excluding steroid dienone is 1. The highest BCUT2D eigenvalue weighted by Crippen LogP contribution is 2.45. The minimum atomic E-state index is -1.37. The Morgan fingerprint density at radius 2 is 1.80 bits per heavy atom. The number of fused-ring (bicyclic) bond motifs is 3. The van der Waals surface area contributed by atoms with Gasteiger partial charge in [-0.15, -0.1) is 0 Å². The minimum absolute atomic E-state index is 0.0197. The van der Waals surface area contributed by atoms with E-state index in [2.05, 4.69) is 21.5 Å². The van der Waals surface area contributed by atoms with E-state index in [1.807, 2.05) is 12.2 Å². The molecule has 0 bridgehead atoms. The maximum Gasteiger partial charge on any atom is 0.410 e. The third-order valence-corrected chi connectivity index (χ3v) is 10.0. The molecule has 1 aromatic carbocycles. The van der Waals surface area contributed by atoms with E-state index in [-0.39, 0.29) is 56.6 Å². The number of hydrogen-bond donors (Lipinski definition) is 4. The first kappa shape index (κ1) is 36.1. The average molecular weight is 711 g/mol. The van der Waals surface area contributed by atoms with E-state index in [0.717, 1.165) is 32.1 Å². The first-order chi connectivity index (χ1) is 24.2. The topological polar surface area (TPSA) is 175 Å². The Balaban J connectivity index is 1.23. The molecule has 3 heterocycles. The minimum Gasteiger partial charge on any atom is -0.444 e. The summed E-state index contributed by atoms with van der Waals surface area (Å²) in [7, 11) is 0. The third-order valence-electron chi connectivity index (χ3n) is 10.0. The Bertz CT molecular complexity index is 1610. The first-order valence-electron chi connectivity index (χ1n) is 17.8. The summed E-state index contributed by atoms with van der Waals surface area (Å²) in [5, 5.41) is 5.57. The van der Waals surface area contributed by atoms with Crippen LogP contribution in [0, 0.1) is 17.7 Å². The Labute approximate surface area is 296 Å². The summed E-state index contributed by atoms with van der Waals surface area (Å²) >= 11 is 0. The molecular weight excluding hydrogens is 663 g/mol. The normalized spacial score (nSPS) is 28.5. The van der Waals surface area contributed by atoms with Crippen LogP contribution in [0.4, 0.5) is 14.0 Å². The van der Waals surface area contributed by atoms with Gasteiger partial charge in [0.15, 0.2) is 0 Å².